The molecule has 2 heterocycles. The van der Waals surface area contributed by atoms with Crippen molar-refractivity contribution in [3.8, 4) is 56.4 Å². The zero-order chi connectivity index (χ0) is 26.7. The molecule has 0 saturated heterocycles. The first-order valence-electron chi connectivity index (χ1n) is 13.3. The van der Waals surface area contributed by atoms with Crippen molar-refractivity contribution in [2.24, 2.45) is 0 Å². The molecule has 0 radical (unpaired) electrons. The number of ether oxygens (including phenoxy) is 2. The molecule has 0 saturated carbocycles. The van der Waals surface area contributed by atoms with Gasteiger partial charge in [-0.1, -0.05) is 109 Å². The second-order valence-electron chi connectivity index (χ2n) is 10.0. The summed E-state index contributed by atoms with van der Waals surface area (Å²) >= 11 is 0. The van der Waals surface area contributed by atoms with Crippen LogP contribution >= 0.6 is 7.14 Å². The third kappa shape index (κ3) is 3.35. The van der Waals surface area contributed by atoms with E-state index in [9.17, 15) is 0 Å². The van der Waals surface area contributed by atoms with Gasteiger partial charge in [0.25, 0.3) is 0 Å². The standard InChI is InChI=1S/C36H23O3P/c37-40-32-18-10-17-28(25-13-6-2-7-14-25)34(32)39-35-29(26-15-8-3-9-16-26)20-22-31(36(35)40)38-30-21-19-27(23-33(30)40)24-11-4-1-5-12-24/h1-23H. The van der Waals surface area contributed by atoms with E-state index in [0.717, 1.165) is 33.4 Å². The average Bonchev–Trinajstić information content (AvgIpc) is 3.02. The number of para-hydroxylation sites is 1. The van der Waals surface area contributed by atoms with Crippen molar-refractivity contribution in [1.29, 1.82) is 0 Å². The molecule has 2 aliphatic rings. The van der Waals surface area contributed by atoms with Crippen LogP contribution in [-0.2, 0) is 4.57 Å². The Balaban J connectivity index is 1.46. The molecule has 6 aromatic carbocycles. The van der Waals surface area contributed by atoms with Crippen LogP contribution in [0.5, 0.6) is 23.0 Å². The average molecular weight is 535 g/mol. The highest BCUT2D eigenvalue weighted by Gasteiger charge is 2.48. The Hall–Kier alpha value is -4.85. The van der Waals surface area contributed by atoms with Gasteiger partial charge in [0.2, 0.25) is 0 Å². The first kappa shape index (κ1) is 23.1. The lowest BCUT2D eigenvalue weighted by Gasteiger charge is -2.36. The van der Waals surface area contributed by atoms with E-state index in [-0.39, 0.29) is 0 Å². The van der Waals surface area contributed by atoms with Crippen molar-refractivity contribution < 1.29 is 14.0 Å². The Bertz CT molecular complexity index is 1960. The Labute approximate surface area is 232 Å². The van der Waals surface area contributed by atoms with Gasteiger partial charge in [-0.15, -0.1) is 0 Å². The largest absolute Gasteiger partial charge is 0.456 e. The fourth-order valence-corrected chi connectivity index (χ4v) is 8.98. The Kier molecular flexibility index (Phi) is 5.10. The predicted molar refractivity (Wildman–Crippen MR) is 162 cm³/mol. The van der Waals surface area contributed by atoms with Crippen molar-refractivity contribution in [3.05, 3.63) is 140 Å². The zero-order valence-electron chi connectivity index (χ0n) is 21.5. The summed E-state index contributed by atoms with van der Waals surface area (Å²) in [6, 6.07) is 46.3. The van der Waals surface area contributed by atoms with E-state index in [1.54, 1.807) is 0 Å². The summed E-state index contributed by atoms with van der Waals surface area (Å²) in [6.45, 7) is 0. The second kappa shape index (κ2) is 8.84. The van der Waals surface area contributed by atoms with Crippen LogP contribution in [0.3, 0.4) is 0 Å². The summed E-state index contributed by atoms with van der Waals surface area (Å²) in [5.41, 5.74) is 5.87. The van der Waals surface area contributed by atoms with Gasteiger partial charge in [0.05, 0.1) is 10.6 Å². The van der Waals surface area contributed by atoms with E-state index in [2.05, 4.69) is 36.4 Å². The van der Waals surface area contributed by atoms with Gasteiger partial charge >= 0.3 is 0 Å². The molecule has 0 fully saturated rings. The van der Waals surface area contributed by atoms with Crippen molar-refractivity contribution in [3.63, 3.8) is 0 Å². The SMILES string of the molecule is O=P12c3cc(-c4ccccc4)ccc3Oc3ccc(-c4ccccc4)c(c31)Oc1c(-c3ccccc3)cccc12. The number of rotatable bonds is 3. The molecule has 0 bridgehead atoms. The third-order valence-electron chi connectivity index (χ3n) is 7.74. The van der Waals surface area contributed by atoms with Crippen LogP contribution < -0.4 is 25.4 Å². The maximum atomic E-state index is 15.9. The zero-order valence-corrected chi connectivity index (χ0v) is 22.3. The first-order valence-corrected chi connectivity index (χ1v) is 15.0. The van der Waals surface area contributed by atoms with Crippen molar-refractivity contribution in [1.82, 2.24) is 0 Å². The maximum absolute atomic E-state index is 15.9. The number of fused-ring (bicyclic) bond motifs is 4. The minimum Gasteiger partial charge on any atom is -0.456 e. The highest BCUT2D eigenvalue weighted by molar-refractivity contribution is 7.86. The minimum absolute atomic E-state index is 0.578. The fourth-order valence-electron chi connectivity index (χ4n) is 5.86. The molecule has 1 atom stereocenters. The molecule has 0 N–H and O–H groups in total. The van der Waals surface area contributed by atoms with E-state index in [4.69, 9.17) is 9.47 Å². The van der Waals surface area contributed by atoms with Gasteiger partial charge in [-0.05, 0) is 52.6 Å². The van der Waals surface area contributed by atoms with Gasteiger partial charge in [-0.2, -0.15) is 0 Å². The van der Waals surface area contributed by atoms with Crippen molar-refractivity contribution in [2.45, 2.75) is 0 Å². The molecule has 8 rings (SSSR count). The lowest BCUT2D eigenvalue weighted by atomic mass is 10.0. The monoisotopic (exact) mass is 534 g/mol. The maximum Gasteiger partial charge on any atom is 0.185 e. The highest BCUT2D eigenvalue weighted by Crippen LogP contribution is 2.61. The third-order valence-corrected chi connectivity index (χ3v) is 10.9. The highest BCUT2D eigenvalue weighted by atomic mass is 31.2. The Morgan fingerprint density at radius 3 is 1.70 bits per heavy atom. The summed E-state index contributed by atoms with van der Waals surface area (Å²) in [7, 11) is -3.41. The lowest BCUT2D eigenvalue weighted by molar-refractivity contribution is 0.463. The van der Waals surface area contributed by atoms with Gasteiger partial charge in [0.1, 0.15) is 28.3 Å². The number of hydrogen-bond acceptors (Lipinski definition) is 3. The molecule has 4 heteroatoms. The smallest absolute Gasteiger partial charge is 0.185 e. The van der Waals surface area contributed by atoms with Gasteiger partial charge in [-0.3, -0.25) is 0 Å². The van der Waals surface area contributed by atoms with Gasteiger partial charge in [0.15, 0.2) is 7.14 Å². The molecule has 190 valence electrons. The van der Waals surface area contributed by atoms with Crippen molar-refractivity contribution in [2.75, 3.05) is 0 Å². The number of benzene rings is 6. The molecule has 40 heavy (non-hydrogen) atoms. The topological polar surface area (TPSA) is 35.5 Å². The van der Waals surface area contributed by atoms with Crippen LogP contribution in [0.15, 0.2) is 140 Å². The van der Waals surface area contributed by atoms with Crippen LogP contribution in [-0.4, -0.2) is 0 Å². The number of hydrogen-bond donors (Lipinski definition) is 0. The normalized spacial score (nSPS) is 16.1. The Morgan fingerprint density at radius 2 is 1.02 bits per heavy atom. The van der Waals surface area contributed by atoms with E-state index >= 15 is 4.57 Å². The van der Waals surface area contributed by atoms with Crippen LogP contribution in [0.25, 0.3) is 33.4 Å². The molecule has 0 aliphatic carbocycles. The second-order valence-corrected chi connectivity index (χ2v) is 12.7. The first-order chi connectivity index (χ1) is 19.7. The van der Waals surface area contributed by atoms with E-state index in [1.165, 1.54) is 0 Å². The van der Waals surface area contributed by atoms with Crippen LogP contribution in [0.2, 0.25) is 0 Å². The van der Waals surface area contributed by atoms with Gasteiger partial charge < -0.3 is 14.0 Å². The summed E-state index contributed by atoms with van der Waals surface area (Å²) in [6.07, 6.45) is 0. The minimum atomic E-state index is -3.41. The van der Waals surface area contributed by atoms with E-state index < -0.39 is 7.14 Å². The molecular weight excluding hydrogens is 511 g/mol. The summed E-state index contributed by atoms with van der Waals surface area (Å²) < 4.78 is 29.2. The molecule has 3 nitrogen and oxygen atoms in total. The van der Waals surface area contributed by atoms with Crippen LogP contribution in [0.4, 0.5) is 0 Å². The fraction of sp³-hybridized carbons (Fsp3) is 0. The summed E-state index contributed by atoms with van der Waals surface area (Å²) in [5, 5.41) is 2.02. The molecule has 6 aromatic rings. The summed E-state index contributed by atoms with van der Waals surface area (Å²) in [5.74, 6) is 2.43. The quantitative estimate of drug-likeness (QED) is 0.213. The summed E-state index contributed by atoms with van der Waals surface area (Å²) in [4.78, 5) is 0. The van der Waals surface area contributed by atoms with Crippen LogP contribution in [0.1, 0.15) is 0 Å². The van der Waals surface area contributed by atoms with E-state index in [1.807, 2.05) is 103 Å². The molecular formula is C36H23O3P. The molecule has 2 aliphatic heterocycles. The van der Waals surface area contributed by atoms with E-state index in [0.29, 0.717) is 38.9 Å². The Morgan fingerprint density at radius 1 is 0.425 bits per heavy atom. The molecule has 0 spiro atoms. The molecule has 0 amide bonds. The molecule has 1 unspecified atom stereocenters. The van der Waals surface area contributed by atoms with Gasteiger partial charge in [0, 0.05) is 11.1 Å². The molecule has 0 aromatic heterocycles. The van der Waals surface area contributed by atoms with Crippen LogP contribution in [0, 0.1) is 0 Å². The van der Waals surface area contributed by atoms with Gasteiger partial charge in [-0.25, -0.2) is 0 Å². The van der Waals surface area contributed by atoms with Crippen molar-refractivity contribution >= 4 is 23.1 Å². The predicted octanol–water partition coefficient (Wildman–Crippen LogP) is 8.54. The lowest BCUT2D eigenvalue weighted by Crippen LogP contribution is -2.35.